The van der Waals surface area contributed by atoms with E-state index in [0.717, 1.165) is 61.5 Å². The number of aromatic nitrogens is 7. The van der Waals surface area contributed by atoms with Gasteiger partial charge in [-0.25, -0.2) is 33.3 Å². The van der Waals surface area contributed by atoms with Crippen molar-refractivity contribution in [3.63, 3.8) is 0 Å². The standard InChI is InChI=1S/C44H29N7O4S/c1-56(52,53)43-39(54-29-16-18-33-31-10-2-4-12-35(31)50(37(33)24-29)41-14-6-8-20-46-41)22-28(44-48-26-45-27-49-44)23-40(43)55-30-17-19-34-32-11-3-5-13-36(32)51(38(34)25-30)42-15-7-9-21-47-42/h2-27H,1H3. The molecule has 0 spiro atoms. The summed E-state index contributed by atoms with van der Waals surface area (Å²) in [5.41, 5.74) is 4.09. The molecule has 0 fully saturated rings. The topological polar surface area (TPSA) is 127 Å². The lowest BCUT2D eigenvalue weighted by Gasteiger charge is -2.17. The zero-order chi connectivity index (χ0) is 37.8. The second-order valence-corrected chi connectivity index (χ2v) is 15.1. The summed E-state index contributed by atoms with van der Waals surface area (Å²) in [6.07, 6.45) is 7.39. The van der Waals surface area contributed by atoms with Crippen LogP contribution in [0.5, 0.6) is 23.0 Å². The van der Waals surface area contributed by atoms with Crippen LogP contribution in [0.15, 0.2) is 163 Å². The first-order valence-electron chi connectivity index (χ1n) is 17.7. The molecular weight excluding hydrogens is 723 g/mol. The summed E-state index contributed by atoms with van der Waals surface area (Å²) < 4.78 is 44.9. The minimum atomic E-state index is -3.97. The minimum absolute atomic E-state index is 0.0453. The zero-order valence-corrected chi connectivity index (χ0v) is 30.5. The van der Waals surface area contributed by atoms with Crippen LogP contribution < -0.4 is 9.47 Å². The fourth-order valence-electron chi connectivity index (χ4n) is 7.36. The third-order valence-corrected chi connectivity index (χ3v) is 10.8. The van der Waals surface area contributed by atoms with E-state index < -0.39 is 9.84 Å². The lowest BCUT2D eigenvalue weighted by molar-refractivity contribution is 0.436. The maximum absolute atomic E-state index is 13.8. The largest absolute Gasteiger partial charge is 0.456 e. The van der Waals surface area contributed by atoms with Crippen LogP contribution in [0.3, 0.4) is 0 Å². The van der Waals surface area contributed by atoms with Crippen LogP contribution >= 0.6 is 0 Å². The highest BCUT2D eigenvalue weighted by Crippen LogP contribution is 2.44. The number of sulfone groups is 1. The molecule has 270 valence electrons. The molecule has 0 saturated carbocycles. The van der Waals surface area contributed by atoms with E-state index in [4.69, 9.17) is 9.47 Å². The minimum Gasteiger partial charge on any atom is -0.456 e. The Labute approximate surface area is 320 Å². The van der Waals surface area contributed by atoms with Crippen molar-refractivity contribution in [2.24, 2.45) is 0 Å². The second-order valence-electron chi connectivity index (χ2n) is 13.2. The Morgan fingerprint density at radius 1 is 0.500 bits per heavy atom. The molecule has 0 amide bonds. The molecule has 5 aromatic carbocycles. The molecule has 0 radical (unpaired) electrons. The molecule has 10 aromatic rings. The van der Waals surface area contributed by atoms with E-state index in [1.165, 1.54) is 12.7 Å². The zero-order valence-electron chi connectivity index (χ0n) is 29.7. The molecule has 0 atom stereocenters. The molecule has 56 heavy (non-hydrogen) atoms. The number of ether oxygens (including phenoxy) is 2. The molecule has 11 nitrogen and oxygen atoms in total. The van der Waals surface area contributed by atoms with Crippen LogP contribution in [0, 0.1) is 0 Å². The van der Waals surface area contributed by atoms with E-state index in [9.17, 15) is 8.42 Å². The molecule has 5 aromatic heterocycles. The Kier molecular flexibility index (Phi) is 7.78. The second kappa shape index (κ2) is 13.1. The lowest BCUT2D eigenvalue weighted by atomic mass is 10.1. The van der Waals surface area contributed by atoms with Crippen LogP contribution in [-0.2, 0) is 9.84 Å². The number of nitrogens with zero attached hydrogens (tertiary/aromatic N) is 7. The molecule has 5 heterocycles. The smallest absolute Gasteiger partial charge is 0.182 e. The predicted octanol–water partition coefficient (Wildman–Crippen LogP) is 9.51. The molecule has 0 bridgehead atoms. The Hall–Kier alpha value is -7.44. The Balaban J connectivity index is 1.15. The molecule has 0 N–H and O–H groups in total. The maximum atomic E-state index is 13.8. The van der Waals surface area contributed by atoms with Crippen LogP contribution in [0.2, 0.25) is 0 Å². The molecule has 10 rings (SSSR count). The third-order valence-electron chi connectivity index (χ3n) is 9.65. The highest BCUT2D eigenvalue weighted by Gasteiger charge is 2.26. The van der Waals surface area contributed by atoms with Gasteiger partial charge in [-0.1, -0.05) is 48.5 Å². The summed E-state index contributed by atoms with van der Waals surface area (Å²) in [4.78, 5) is 21.8. The molecule has 0 aliphatic rings. The Morgan fingerprint density at radius 2 is 0.964 bits per heavy atom. The maximum Gasteiger partial charge on any atom is 0.182 e. The summed E-state index contributed by atoms with van der Waals surface area (Å²) in [5, 5.41) is 4.07. The van der Waals surface area contributed by atoms with Gasteiger partial charge in [0.05, 0.1) is 22.1 Å². The first-order valence-corrected chi connectivity index (χ1v) is 19.6. The van der Waals surface area contributed by atoms with E-state index in [-0.39, 0.29) is 16.4 Å². The van der Waals surface area contributed by atoms with Crippen LogP contribution in [0.25, 0.3) is 66.6 Å². The van der Waals surface area contributed by atoms with Crippen LogP contribution in [-0.4, -0.2) is 48.7 Å². The lowest BCUT2D eigenvalue weighted by Crippen LogP contribution is -2.05. The number of para-hydroxylation sites is 2. The van der Waals surface area contributed by atoms with Gasteiger partial charge in [-0.3, -0.25) is 9.13 Å². The van der Waals surface area contributed by atoms with Crippen molar-refractivity contribution in [2.75, 3.05) is 6.26 Å². The summed E-state index contributed by atoms with van der Waals surface area (Å²) in [6.45, 7) is 0. The van der Waals surface area contributed by atoms with Gasteiger partial charge in [-0.2, -0.15) is 0 Å². The van der Waals surface area contributed by atoms with Gasteiger partial charge in [0.15, 0.2) is 32.1 Å². The number of fused-ring (bicyclic) bond motifs is 6. The molecule has 12 heteroatoms. The molecule has 0 aliphatic heterocycles. The molecular formula is C44H29N7O4S. The summed E-state index contributed by atoms with van der Waals surface area (Å²) >= 11 is 0. The third kappa shape index (κ3) is 5.67. The predicted molar refractivity (Wildman–Crippen MR) is 216 cm³/mol. The number of pyridine rings is 2. The van der Waals surface area contributed by atoms with Crippen molar-refractivity contribution in [2.45, 2.75) is 4.90 Å². The van der Waals surface area contributed by atoms with E-state index in [1.54, 1.807) is 24.5 Å². The number of rotatable bonds is 8. The summed E-state index contributed by atoms with van der Waals surface area (Å²) in [7, 11) is -3.97. The van der Waals surface area contributed by atoms with E-state index in [0.29, 0.717) is 22.9 Å². The fraction of sp³-hybridized carbons (Fsp3) is 0.0227. The van der Waals surface area contributed by atoms with E-state index >= 15 is 0 Å². The monoisotopic (exact) mass is 751 g/mol. The van der Waals surface area contributed by atoms with Crippen molar-refractivity contribution < 1.29 is 17.9 Å². The first-order chi connectivity index (χ1) is 27.4. The van der Waals surface area contributed by atoms with Crippen LogP contribution in [0.1, 0.15) is 0 Å². The molecule has 0 unspecified atom stereocenters. The highest BCUT2D eigenvalue weighted by molar-refractivity contribution is 7.91. The SMILES string of the molecule is CS(=O)(=O)c1c(Oc2ccc3c4ccccc4n(-c4ccccn4)c3c2)cc(-c2ncncn2)cc1Oc1ccc2c3ccccc3n(-c3ccccn3)c2c1. The van der Waals surface area contributed by atoms with E-state index in [1.807, 2.05) is 109 Å². The highest BCUT2D eigenvalue weighted by atomic mass is 32.2. The van der Waals surface area contributed by atoms with Crippen molar-refractivity contribution >= 4 is 53.4 Å². The molecule has 0 saturated heterocycles. The van der Waals surface area contributed by atoms with Gasteiger partial charge >= 0.3 is 0 Å². The average Bonchev–Trinajstić information content (AvgIpc) is 3.73. The Morgan fingerprint density at radius 3 is 1.43 bits per heavy atom. The number of hydrogen-bond acceptors (Lipinski definition) is 9. The van der Waals surface area contributed by atoms with Crippen molar-refractivity contribution in [1.29, 1.82) is 0 Å². The van der Waals surface area contributed by atoms with Gasteiger partial charge in [-0.15, -0.1) is 0 Å². The van der Waals surface area contributed by atoms with Crippen molar-refractivity contribution in [1.82, 2.24) is 34.1 Å². The van der Waals surface area contributed by atoms with E-state index in [2.05, 4.69) is 46.2 Å². The van der Waals surface area contributed by atoms with Crippen LogP contribution in [0.4, 0.5) is 0 Å². The summed E-state index contributed by atoms with van der Waals surface area (Å²) in [5.74, 6) is 2.68. The van der Waals surface area contributed by atoms with Gasteiger partial charge < -0.3 is 9.47 Å². The Bertz CT molecular complexity index is 3040. The fourth-order valence-corrected chi connectivity index (χ4v) is 8.29. The van der Waals surface area contributed by atoms with Gasteiger partial charge in [0, 0.05) is 57.9 Å². The van der Waals surface area contributed by atoms with Gasteiger partial charge in [0.2, 0.25) is 0 Å². The normalized spacial score (nSPS) is 11.8. The van der Waals surface area contributed by atoms with Crippen molar-refractivity contribution in [3.8, 4) is 46.0 Å². The van der Waals surface area contributed by atoms with Crippen molar-refractivity contribution in [3.05, 3.63) is 159 Å². The average molecular weight is 752 g/mol. The summed E-state index contributed by atoms with van der Waals surface area (Å²) in [6, 6.07) is 42.3. The quantitative estimate of drug-likeness (QED) is 0.149. The van der Waals surface area contributed by atoms with Gasteiger partial charge in [0.1, 0.15) is 35.8 Å². The van der Waals surface area contributed by atoms with Gasteiger partial charge in [0.25, 0.3) is 0 Å². The number of hydrogen-bond donors (Lipinski definition) is 0. The molecule has 0 aliphatic carbocycles. The van der Waals surface area contributed by atoms with Gasteiger partial charge in [-0.05, 0) is 72.8 Å². The first kappa shape index (κ1) is 33.2. The number of benzene rings is 5.